The molecule has 2 aromatic carbocycles. The molecule has 1 amide bonds. The van der Waals surface area contributed by atoms with Crippen molar-refractivity contribution in [3.05, 3.63) is 83.6 Å². The van der Waals surface area contributed by atoms with Crippen LogP contribution >= 0.6 is 0 Å². The molecular weight excluding hydrogens is 314 g/mol. The second-order valence-electron chi connectivity index (χ2n) is 6.55. The van der Waals surface area contributed by atoms with Crippen LogP contribution in [0.1, 0.15) is 30.6 Å². The molecule has 4 heteroatoms. The predicted octanol–water partition coefficient (Wildman–Crippen LogP) is 3.45. The Morgan fingerprint density at radius 3 is 2.12 bits per heavy atom. The summed E-state index contributed by atoms with van der Waals surface area (Å²) in [5.41, 5.74) is 2.19. The van der Waals surface area contributed by atoms with Crippen molar-refractivity contribution in [3.63, 3.8) is 0 Å². The number of rotatable bonds is 4. The first kappa shape index (κ1) is 15.6. The number of fused-ring (bicyclic) bond motifs is 1. The summed E-state index contributed by atoms with van der Waals surface area (Å²) in [6, 6.07) is 19.4. The lowest BCUT2D eigenvalue weighted by Gasteiger charge is -2.38. The van der Waals surface area contributed by atoms with Gasteiger partial charge < -0.3 is 9.64 Å². The molecule has 0 radical (unpaired) electrons. The van der Waals surface area contributed by atoms with E-state index in [0.717, 1.165) is 11.1 Å². The lowest BCUT2D eigenvalue weighted by atomic mass is 9.94. The lowest BCUT2D eigenvalue weighted by molar-refractivity contribution is -0.153. The highest BCUT2D eigenvalue weighted by Gasteiger charge is 2.48. The maximum Gasteiger partial charge on any atom is 0.355 e. The molecule has 2 aliphatic heterocycles. The van der Waals surface area contributed by atoms with Gasteiger partial charge in [-0.3, -0.25) is 4.79 Å². The van der Waals surface area contributed by atoms with Crippen LogP contribution in [0.4, 0.5) is 0 Å². The van der Waals surface area contributed by atoms with Crippen LogP contribution in [-0.2, 0) is 14.3 Å². The molecule has 2 aliphatic rings. The van der Waals surface area contributed by atoms with Crippen molar-refractivity contribution < 1.29 is 14.3 Å². The van der Waals surface area contributed by atoms with Gasteiger partial charge >= 0.3 is 5.97 Å². The largest absolute Gasteiger partial charge is 0.448 e. The summed E-state index contributed by atoms with van der Waals surface area (Å²) in [6.07, 6.45) is 1.86. The van der Waals surface area contributed by atoms with Gasteiger partial charge in [-0.15, -0.1) is 0 Å². The summed E-state index contributed by atoms with van der Waals surface area (Å²) in [5.74, 6) is -0.263. The van der Waals surface area contributed by atoms with E-state index in [-0.39, 0.29) is 17.9 Å². The zero-order valence-corrected chi connectivity index (χ0v) is 14.0. The van der Waals surface area contributed by atoms with Crippen molar-refractivity contribution >= 4 is 11.9 Å². The molecule has 4 rings (SSSR count). The molecule has 0 N–H and O–H groups in total. The number of nitrogens with zero attached hydrogens (tertiary/aromatic N) is 1. The fraction of sp³-hybridized carbons (Fsp3) is 0.238. The zero-order valence-electron chi connectivity index (χ0n) is 14.0. The predicted molar refractivity (Wildman–Crippen MR) is 93.3 cm³/mol. The number of carbonyl (C=O) groups excluding carboxylic acids is 2. The Hall–Kier alpha value is -2.88. The van der Waals surface area contributed by atoms with E-state index in [1.807, 2.05) is 73.7 Å². The minimum Gasteiger partial charge on any atom is -0.448 e. The van der Waals surface area contributed by atoms with Crippen molar-refractivity contribution in [3.8, 4) is 0 Å². The first-order valence-corrected chi connectivity index (χ1v) is 8.50. The first-order valence-electron chi connectivity index (χ1n) is 8.50. The highest BCUT2D eigenvalue weighted by Crippen LogP contribution is 2.39. The maximum absolute atomic E-state index is 12.8. The van der Waals surface area contributed by atoms with Crippen LogP contribution in [0, 0.1) is 5.92 Å². The SMILES string of the molecule is CC1C=C(C(=O)OC(c2ccccc2)c2ccccc2)N2C(=O)C[C@@H]12. The van der Waals surface area contributed by atoms with E-state index in [2.05, 4.69) is 0 Å². The minimum absolute atomic E-state index is 0.00600. The number of carbonyl (C=O) groups is 2. The van der Waals surface area contributed by atoms with Crippen molar-refractivity contribution in [1.82, 2.24) is 4.90 Å². The highest BCUT2D eigenvalue weighted by atomic mass is 16.5. The second-order valence-corrected chi connectivity index (χ2v) is 6.55. The fourth-order valence-electron chi connectivity index (χ4n) is 3.53. The number of hydrogen-bond donors (Lipinski definition) is 0. The molecule has 126 valence electrons. The Morgan fingerprint density at radius 1 is 1.04 bits per heavy atom. The Bertz CT molecular complexity index is 789. The van der Waals surface area contributed by atoms with E-state index in [1.165, 1.54) is 0 Å². The van der Waals surface area contributed by atoms with Crippen LogP contribution in [0.2, 0.25) is 0 Å². The first-order chi connectivity index (χ1) is 12.1. The van der Waals surface area contributed by atoms with Gasteiger partial charge in [-0.05, 0) is 23.1 Å². The van der Waals surface area contributed by atoms with Crippen LogP contribution in [0.5, 0.6) is 0 Å². The molecule has 1 fully saturated rings. The van der Waals surface area contributed by atoms with Crippen molar-refractivity contribution in [2.24, 2.45) is 5.92 Å². The van der Waals surface area contributed by atoms with E-state index in [1.54, 1.807) is 4.90 Å². The Morgan fingerprint density at radius 2 is 1.60 bits per heavy atom. The molecule has 25 heavy (non-hydrogen) atoms. The molecular formula is C21H19NO3. The number of esters is 1. The monoisotopic (exact) mass is 333 g/mol. The number of β-lactam (4-membered cyclic amide) rings is 1. The fourth-order valence-corrected chi connectivity index (χ4v) is 3.53. The third-order valence-electron chi connectivity index (χ3n) is 4.91. The number of amides is 1. The maximum atomic E-state index is 12.8. The van der Waals surface area contributed by atoms with Gasteiger partial charge in [-0.1, -0.05) is 67.6 Å². The summed E-state index contributed by atoms with van der Waals surface area (Å²) in [5, 5.41) is 0. The van der Waals surface area contributed by atoms with Gasteiger partial charge in [0.05, 0.1) is 6.04 Å². The smallest absolute Gasteiger partial charge is 0.355 e. The quantitative estimate of drug-likeness (QED) is 0.636. The van der Waals surface area contributed by atoms with Crippen LogP contribution in [-0.4, -0.2) is 22.8 Å². The molecule has 0 aromatic heterocycles. The van der Waals surface area contributed by atoms with E-state index < -0.39 is 12.1 Å². The molecule has 2 atom stereocenters. The number of ether oxygens (including phenoxy) is 1. The van der Waals surface area contributed by atoms with Crippen LogP contribution in [0.25, 0.3) is 0 Å². The van der Waals surface area contributed by atoms with Crippen molar-refractivity contribution in [2.75, 3.05) is 0 Å². The third-order valence-corrected chi connectivity index (χ3v) is 4.91. The normalized spacial score (nSPS) is 21.6. The van der Waals surface area contributed by atoms with Crippen LogP contribution in [0.15, 0.2) is 72.4 Å². The van der Waals surface area contributed by atoms with E-state index in [0.29, 0.717) is 12.1 Å². The molecule has 0 aliphatic carbocycles. The topological polar surface area (TPSA) is 46.6 Å². The molecule has 2 heterocycles. The summed E-state index contributed by atoms with van der Waals surface area (Å²) < 4.78 is 5.85. The van der Waals surface area contributed by atoms with Crippen LogP contribution < -0.4 is 0 Å². The van der Waals surface area contributed by atoms with E-state index in [4.69, 9.17) is 4.74 Å². The van der Waals surface area contributed by atoms with Gasteiger partial charge in [0, 0.05) is 6.42 Å². The summed E-state index contributed by atoms with van der Waals surface area (Å²) in [7, 11) is 0. The van der Waals surface area contributed by atoms with Gasteiger partial charge in [0.1, 0.15) is 5.70 Å². The summed E-state index contributed by atoms with van der Waals surface area (Å²) in [4.78, 5) is 26.3. The number of hydrogen-bond acceptors (Lipinski definition) is 3. The van der Waals surface area contributed by atoms with Gasteiger partial charge in [0.2, 0.25) is 5.91 Å². The molecule has 2 aromatic rings. The van der Waals surface area contributed by atoms with Crippen molar-refractivity contribution in [1.29, 1.82) is 0 Å². The van der Waals surface area contributed by atoms with Gasteiger partial charge in [-0.2, -0.15) is 0 Å². The Labute approximate surface area is 146 Å². The molecule has 1 unspecified atom stereocenters. The van der Waals surface area contributed by atoms with Gasteiger partial charge in [0.15, 0.2) is 6.10 Å². The standard InChI is InChI=1S/C21H19NO3/c1-14-12-18(22-17(14)13-19(22)23)21(24)25-20(15-8-4-2-5-9-15)16-10-6-3-7-11-16/h2-12,14,17,20H,13H2,1H3/t14?,17-/m0/s1. The molecule has 0 spiro atoms. The summed E-state index contributed by atoms with van der Waals surface area (Å²) >= 11 is 0. The molecule has 0 bridgehead atoms. The van der Waals surface area contributed by atoms with Crippen LogP contribution in [0.3, 0.4) is 0 Å². The summed E-state index contributed by atoms with van der Waals surface area (Å²) in [6.45, 7) is 2.02. The Kier molecular flexibility index (Phi) is 3.88. The Balaban J connectivity index is 1.62. The second kappa shape index (κ2) is 6.20. The van der Waals surface area contributed by atoms with E-state index in [9.17, 15) is 9.59 Å². The highest BCUT2D eigenvalue weighted by molar-refractivity contribution is 5.98. The number of benzene rings is 2. The van der Waals surface area contributed by atoms with E-state index >= 15 is 0 Å². The van der Waals surface area contributed by atoms with Crippen molar-refractivity contribution in [2.45, 2.75) is 25.5 Å². The molecule has 4 nitrogen and oxygen atoms in total. The minimum atomic E-state index is -0.499. The molecule has 1 saturated heterocycles. The zero-order chi connectivity index (χ0) is 17.4. The lowest BCUT2D eigenvalue weighted by Crippen LogP contribution is -2.52. The third kappa shape index (κ3) is 2.74. The van der Waals surface area contributed by atoms with Gasteiger partial charge in [0.25, 0.3) is 0 Å². The average Bonchev–Trinajstić information content (AvgIpc) is 2.91. The average molecular weight is 333 g/mol. The van der Waals surface area contributed by atoms with Gasteiger partial charge in [-0.25, -0.2) is 4.79 Å². The molecule has 0 saturated carbocycles.